The number of halogens is 2. The van der Waals surface area contributed by atoms with Gasteiger partial charge in [-0.05, 0) is 61.7 Å². The highest BCUT2D eigenvalue weighted by Crippen LogP contribution is 2.32. The molecule has 3 N–H and O–H groups in total. The summed E-state index contributed by atoms with van der Waals surface area (Å²) in [4.78, 5) is 3.30. The summed E-state index contributed by atoms with van der Waals surface area (Å²) in [5.41, 5.74) is 9.08. The lowest BCUT2D eigenvalue weighted by molar-refractivity contribution is 0.628. The number of hydrogen-bond acceptors (Lipinski definition) is 1. The topological polar surface area (TPSA) is 41.8 Å². The third-order valence-corrected chi connectivity index (χ3v) is 3.86. The van der Waals surface area contributed by atoms with E-state index in [2.05, 4.69) is 4.98 Å². The number of nitrogens with one attached hydrogen (secondary N) is 1. The van der Waals surface area contributed by atoms with Gasteiger partial charge in [0.25, 0.3) is 0 Å². The van der Waals surface area contributed by atoms with Crippen LogP contribution in [-0.2, 0) is 6.42 Å². The Morgan fingerprint density at radius 2 is 1.77 bits per heavy atom. The second-order valence-corrected chi connectivity index (χ2v) is 5.42. The molecule has 0 atom stereocenters. The number of aromatic nitrogens is 1. The first-order valence-electron chi connectivity index (χ1n) is 7.45. The highest BCUT2D eigenvalue weighted by atomic mass is 19.1. The molecule has 0 aliphatic heterocycles. The molecule has 2 nitrogen and oxygen atoms in total. The summed E-state index contributed by atoms with van der Waals surface area (Å²) in [5, 5.41) is 0.858. The summed E-state index contributed by atoms with van der Waals surface area (Å²) in [6, 6.07) is 11.1. The molecule has 22 heavy (non-hydrogen) atoms. The lowest BCUT2D eigenvalue weighted by Crippen LogP contribution is -1.99. The average Bonchev–Trinajstić information content (AvgIpc) is 2.86. The fraction of sp³-hybridized carbons (Fsp3) is 0.222. The van der Waals surface area contributed by atoms with Crippen molar-refractivity contribution in [2.75, 3.05) is 6.54 Å². The van der Waals surface area contributed by atoms with E-state index >= 15 is 0 Å². The maximum absolute atomic E-state index is 13.6. The number of aromatic amines is 1. The van der Waals surface area contributed by atoms with E-state index in [1.54, 1.807) is 12.1 Å². The summed E-state index contributed by atoms with van der Waals surface area (Å²) in [7, 11) is 0. The number of nitrogens with two attached hydrogens (primary N) is 1. The van der Waals surface area contributed by atoms with Gasteiger partial charge in [-0.2, -0.15) is 0 Å². The zero-order valence-corrected chi connectivity index (χ0v) is 12.2. The van der Waals surface area contributed by atoms with Crippen LogP contribution < -0.4 is 5.73 Å². The molecule has 4 heteroatoms. The molecule has 3 aromatic rings. The number of aryl methyl sites for hydroxylation is 1. The van der Waals surface area contributed by atoms with E-state index in [-0.39, 0.29) is 11.6 Å². The fourth-order valence-electron chi connectivity index (χ4n) is 2.82. The molecule has 0 unspecified atom stereocenters. The minimum Gasteiger partial charge on any atom is -0.354 e. The van der Waals surface area contributed by atoms with Crippen LogP contribution in [0.5, 0.6) is 0 Å². The Balaban J connectivity index is 2.13. The van der Waals surface area contributed by atoms with Crippen LogP contribution in [-0.4, -0.2) is 11.5 Å². The van der Waals surface area contributed by atoms with Crippen molar-refractivity contribution < 1.29 is 8.78 Å². The molecule has 0 radical (unpaired) electrons. The van der Waals surface area contributed by atoms with Crippen LogP contribution in [0.15, 0.2) is 42.5 Å². The Morgan fingerprint density at radius 1 is 0.955 bits per heavy atom. The van der Waals surface area contributed by atoms with E-state index in [0.29, 0.717) is 6.54 Å². The Morgan fingerprint density at radius 3 is 2.55 bits per heavy atom. The summed E-state index contributed by atoms with van der Waals surface area (Å²) in [6.45, 7) is 0.631. The van der Waals surface area contributed by atoms with E-state index in [0.717, 1.165) is 47.0 Å². The van der Waals surface area contributed by atoms with Gasteiger partial charge < -0.3 is 10.7 Å². The van der Waals surface area contributed by atoms with Gasteiger partial charge in [0.2, 0.25) is 0 Å². The molecule has 0 saturated heterocycles. The Bertz CT molecular complexity index is 793. The smallest absolute Gasteiger partial charge is 0.123 e. The van der Waals surface area contributed by atoms with Crippen molar-refractivity contribution in [3.63, 3.8) is 0 Å². The molecule has 0 amide bonds. The van der Waals surface area contributed by atoms with E-state index in [4.69, 9.17) is 5.73 Å². The normalized spacial score (nSPS) is 11.2. The quantitative estimate of drug-likeness (QED) is 0.674. The molecule has 0 saturated carbocycles. The zero-order chi connectivity index (χ0) is 15.5. The molecule has 0 spiro atoms. The molecular weight excluding hydrogens is 282 g/mol. The van der Waals surface area contributed by atoms with E-state index in [1.807, 2.05) is 6.07 Å². The van der Waals surface area contributed by atoms with Crippen molar-refractivity contribution in [1.82, 2.24) is 4.98 Å². The molecule has 0 bridgehead atoms. The van der Waals surface area contributed by atoms with Gasteiger partial charge in [0.15, 0.2) is 0 Å². The Kier molecular flexibility index (Phi) is 4.20. The van der Waals surface area contributed by atoms with Gasteiger partial charge in [0, 0.05) is 22.2 Å². The maximum atomic E-state index is 13.6. The number of rotatable bonds is 5. The highest BCUT2D eigenvalue weighted by molar-refractivity contribution is 5.90. The predicted molar refractivity (Wildman–Crippen MR) is 85.6 cm³/mol. The van der Waals surface area contributed by atoms with Crippen LogP contribution in [0.25, 0.3) is 22.2 Å². The Hall–Kier alpha value is -2.20. The third-order valence-electron chi connectivity index (χ3n) is 3.86. The number of H-pyrrole nitrogens is 1. The summed E-state index contributed by atoms with van der Waals surface area (Å²) in [6.07, 6.45) is 2.61. The first-order chi connectivity index (χ1) is 10.7. The van der Waals surface area contributed by atoms with Crippen molar-refractivity contribution >= 4 is 10.9 Å². The molecule has 0 aliphatic rings. The van der Waals surface area contributed by atoms with Crippen LogP contribution in [0.3, 0.4) is 0 Å². The van der Waals surface area contributed by atoms with Crippen molar-refractivity contribution in [2.45, 2.75) is 19.3 Å². The summed E-state index contributed by atoms with van der Waals surface area (Å²) in [5.74, 6) is -0.549. The molecule has 1 heterocycles. The standard InChI is InChI=1S/C18H18F2N2/c19-13-5-3-4-12(10-13)18-15(6-1-2-9-21)16-11-14(20)7-8-17(16)22-18/h3-5,7-8,10-11,22H,1-2,6,9,21H2. The van der Waals surface area contributed by atoms with Gasteiger partial charge in [-0.1, -0.05) is 12.1 Å². The maximum Gasteiger partial charge on any atom is 0.123 e. The Labute approximate surface area is 128 Å². The van der Waals surface area contributed by atoms with E-state index in [1.165, 1.54) is 24.3 Å². The monoisotopic (exact) mass is 300 g/mol. The van der Waals surface area contributed by atoms with Crippen molar-refractivity contribution in [3.05, 3.63) is 59.7 Å². The average molecular weight is 300 g/mol. The highest BCUT2D eigenvalue weighted by Gasteiger charge is 2.14. The first kappa shape index (κ1) is 14.7. The number of hydrogen-bond donors (Lipinski definition) is 2. The summed E-state index contributed by atoms with van der Waals surface area (Å²) < 4.78 is 27.1. The van der Waals surface area contributed by atoms with Gasteiger partial charge in [0.1, 0.15) is 11.6 Å². The fourth-order valence-corrected chi connectivity index (χ4v) is 2.82. The van der Waals surface area contributed by atoms with Gasteiger partial charge >= 0.3 is 0 Å². The van der Waals surface area contributed by atoms with Gasteiger partial charge in [-0.25, -0.2) is 8.78 Å². The lowest BCUT2D eigenvalue weighted by atomic mass is 10.00. The molecule has 2 aromatic carbocycles. The predicted octanol–water partition coefficient (Wildman–Crippen LogP) is 4.39. The van der Waals surface area contributed by atoms with Crippen LogP contribution in [0, 0.1) is 11.6 Å². The molecule has 0 aliphatic carbocycles. The van der Waals surface area contributed by atoms with E-state index in [9.17, 15) is 8.78 Å². The van der Waals surface area contributed by atoms with Crippen LogP contribution >= 0.6 is 0 Å². The number of benzene rings is 2. The van der Waals surface area contributed by atoms with Crippen molar-refractivity contribution in [1.29, 1.82) is 0 Å². The van der Waals surface area contributed by atoms with Crippen molar-refractivity contribution in [3.8, 4) is 11.3 Å². The molecule has 0 fully saturated rings. The molecule has 114 valence electrons. The SMILES string of the molecule is NCCCCc1c(-c2cccc(F)c2)[nH]c2ccc(F)cc12. The third kappa shape index (κ3) is 2.88. The van der Waals surface area contributed by atoms with Gasteiger partial charge in [-0.3, -0.25) is 0 Å². The first-order valence-corrected chi connectivity index (χ1v) is 7.45. The number of fused-ring (bicyclic) bond motifs is 1. The van der Waals surface area contributed by atoms with Crippen LogP contribution in [0.2, 0.25) is 0 Å². The van der Waals surface area contributed by atoms with Gasteiger partial charge in [0.05, 0.1) is 0 Å². The zero-order valence-electron chi connectivity index (χ0n) is 12.2. The molecular formula is C18H18F2N2. The minimum absolute atomic E-state index is 0.266. The lowest BCUT2D eigenvalue weighted by Gasteiger charge is -2.05. The van der Waals surface area contributed by atoms with Gasteiger partial charge in [-0.15, -0.1) is 0 Å². The molecule has 1 aromatic heterocycles. The van der Waals surface area contributed by atoms with Crippen molar-refractivity contribution in [2.24, 2.45) is 5.73 Å². The van der Waals surface area contributed by atoms with Crippen LogP contribution in [0.4, 0.5) is 8.78 Å². The number of unbranched alkanes of at least 4 members (excludes halogenated alkanes) is 1. The van der Waals surface area contributed by atoms with Crippen LogP contribution in [0.1, 0.15) is 18.4 Å². The second kappa shape index (κ2) is 6.28. The summed E-state index contributed by atoms with van der Waals surface area (Å²) >= 11 is 0. The largest absolute Gasteiger partial charge is 0.354 e. The molecule has 3 rings (SSSR count). The van der Waals surface area contributed by atoms with E-state index < -0.39 is 0 Å². The second-order valence-electron chi connectivity index (χ2n) is 5.42. The minimum atomic E-state index is -0.282.